The number of rotatable bonds is 4. The normalized spacial score (nSPS) is 17.1. The van der Waals surface area contributed by atoms with E-state index >= 15 is 0 Å². The molecule has 1 amide bonds. The molecule has 1 saturated carbocycles. The number of fused-ring (bicyclic) bond motifs is 1. The monoisotopic (exact) mass is 433 g/mol. The first-order valence-corrected chi connectivity index (χ1v) is 10.8. The Bertz CT molecular complexity index is 1180. The predicted molar refractivity (Wildman–Crippen MR) is 123 cm³/mol. The van der Waals surface area contributed by atoms with Crippen LogP contribution in [-0.4, -0.2) is 52.2 Å². The molecule has 0 atom stereocenters. The SMILES string of the molecule is COc1cc(Nc2ncc3c(n2)N(C)C2(CCCC2)C(=O)N3C)ccc1-n1cnc(C)c1. The number of hydrogen-bond acceptors (Lipinski definition) is 7. The molecule has 0 bridgehead atoms. The molecule has 9 heteroatoms. The second-order valence-corrected chi connectivity index (χ2v) is 8.50. The largest absolute Gasteiger partial charge is 0.494 e. The van der Waals surface area contributed by atoms with Gasteiger partial charge in [0.1, 0.15) is 17.0 Å². The van der Waals surface area contributed by atoms with Gasteiger partial charge in [0.25, 0.3) is 5.91 Å². The van der Waals surface area contributed by atoms with Crippen molar-refractivity contribution in [2.24, 2.45) is 0 Å². The molecule has 5 rings (SSSR count). The quantitative estimate of drug-likeness (QED) is 0.674. The zero-order valence-corrected chi connectivity index (χ0v) is 18.8. The molecule has 1 fully saturated rings. The van der Waals surface area contributed by atoms with E-state index in [1.54, 1.807) is 24.5 Å². The molecule has 32 heavy (non-hydrogen) atoms. The van der Waals surface area contributed by atoms with Gasteiger partial charge in [-0.05, 0) is 31.9 Å². The second-order valence-electron chi connectivity index (χ2n) is 8.50. The summed E-state index contributed by atoms with van der Waals surface area (Å²) in [6.45, 7) is 1.95. The van der Waals surface area contributed by atoms with Crippen LogP contribution < -0.4 is 19.9 Å². The van der Waals surface area contributed by atoms with E-state index in [0.29, 0.717) is 11.7 Å². The molecule has 1 spiro atoms. The number of ether oxygens (including phenoxy) is 1. The highest BCUT2D eigenvalue weighted by atomic mass is 16.5. The Kier molecular flexibility index (Phi) is 4.76. The molecular weight excluding hydrogens is 406 g/mol. The van der Waals surface area contributed by atoms with E-state index in [4.69, 9.17) is 9.72 Å². The number of carbonyl (C=O) groups excluding carboxylic acids is 1. The number of methoxy groups -OCH3 is 1. The Balaban J connectivity index is 1.46. The predicted octanol–water partition coefficient (Wildman–Crippen LogP) is 3.45. The number of nitrogens with one attached hydrogen (secondary N) is 1. The topological polar surface area (TPSA) is 88.4 Å². The van der Waals surface area contributed by atoms with E-state index in [2.05, 4.69) is 20.2 Å². The van der Waals surface area contributed by atoms with Crippen LogP contribution in [0.5, 0.6) is 5.75 Å². The van der Waals surface area contributed by atoms with Gasteiger partial charge in [-0.1, -0.05) is 12.8 Å². The van der Waals surface area contributed by atoms with Crippen LogP contribution in [0.1, 0.15) is 31.4 Å². The van der Waals surface area contributed by atoms with Gasteiger partial charge in [-0.2, -0.15) is 4.98 Å². The van der Waals surface area contributed by atoms with Gasteiger partial charge in [0, 0.05) is 32.0 Å². The molecule has 1 N–H and O–H groups in total. The minimum atomic E-state index is -0.499. The number of hydrogen-bond donors (Lipinski definition) is 1. The zero-order valence-electron chi connectivity index (χ0n) is 18.8. The number of likely N-dealkylation sites (N-methyl/N-ethyl adjacent to an activating group) is 2. The molecule has 9 nitrogen and oxygen atoms in total. The maximum Gasteiger partial charge on any atom is 0.252 e. The lowest BCUT2D eigenvalue weighted by Gasteiger charge is -2.45. The third kappa shape index (κ3) is 3.07. The van der Waals surface area contributed by atoms with Crippen molar-refractivity contribution in [2.75, 3.05) is 36.3 Å². The first-order chi connectivity index (χ1) is 15.4. The van der Waals surface area contributed by atoms with Gasteiger partial charge in [0.15, 0.2) is 5.82 Å². The lowest BCUT2D eigenvalue weighted by Crippen LogP contribution is -2.60. The summed E-state index contributed by atoms with van der Waals surface area (Å²) in [7, 11) is 5.42. The van der Waals surface area contributed by atoms with Crippen molar-refractivity contribution < 1.29 is 9.53 Å². The third-order valence-electron chi connectivity index (χ3n) is 6.63. The molecule has 1 aliphatic carbocycles. The molecule has 3 heterocycles. The van der Waals surface area contributed by atoms with Crippen molar-refractivity contribution in [3.05, 3.63) is 42.6 Å². The van der Waals surface area contributed by atoms with Crippen LogP contribution in [0.25, 0.3) is 5.69 Å². The summed E-state index contributed by atoms with van der Waals surface area (Å²) in [5.41, 5.74) is 2.86. The van der Waals surface area contributed by atoms with Crippen molar-refractivity contribution in [2.45, 2.75) is 38.1 Å². The van der Waals surface area contributed by atoms with Gasteiger partial charge in [-0.15, -0.1) is 0 Å². The fraction of sp³-hybridized carbons (Fsp3) is 0.391. The summed E-state index contributed by atoms with van der Waals surface area (Å²) in [6, 6.07) is 5.83. The molecule has 0 saturated heterocycles. The first kappa shape index (κ1) is 20.3. The maximum atomic E-state index is 13.1. The van der Waals surface area contributed by atoms with E-state index in [1.165, 1.54) is 0 Å². The molecule has 2 aromatic heterocycles. The number of imidazole rings is 1. The maximum absolute atomic E-state index is 13.1. The second kappa shape index (κ2) is 7.51. The third-order valence-corrected chi connectivity index (χ3v) is 6.63. The minimum Gasteiger partial charge on any atom is -0.494 e. The Morgan fingerprint density at radius 1 is 1.12 bits per heavy atom. The van der Waals surface area contributed by atoms with Crippen LogP contribution in [0.3, 0.4) is 0 Å². The van der Waals surface area contributed by atoms with E-state index < -0.39 is 5.54 Å². The van der Waals surface area contributed by atoms with Crippen LogP contribution in [0.15, 0.2) is 36.9 Å². The van der Waals surface area contributed by atoms with Gasteiger partial charge in [-0.25, -0.2) is 9.97 Å². The van der Waals surface area contributed by atoms with E-state index in [1.807, 2.05) is 50.0 Å². The van der Waals surface area contributed by atoms with E-state index in [-0.39, 0.29) is 5.91 Å². The summed E-state index contributed by atoms with van der Waals surface area (Å²) in [6.07, 6.45) is 9.23. The zero-order chi connectivity index (χ0) is 22.5. The highest BCUT2D eigenvalue weighted by Gasteiger charge is 2.51. The smallest absolute Gasteiger partial charge is 0.252 e. The Hall–Kier alpha value is -3.62. The summed E-state index contributed by atoms with van der Waals surface area (Å²) in [5, 5.41) is 3.28. The van der Waals surface area contributed by atoms with Crippen molar-refractivity contribution in [3.8, 4) is 11.4 Å². The molecule has 0 unspecified atom stereocenters. The number of benzene rings is 1. The van der Waals surface area contributed by atoms with E-state index in [9.17, 15) is 4.79 Å². The average molecular weight is 434 g/mol. The number of anilines is 4. The standard InChI is InChI=1S/C23H27N7O2/c1-15-13-30(14-25-15)17-8-7-16(11-19(17)32-4)26-22-24-12-18-20(27-22)29(3)23(9-5-6-10-23)21(31)28(18)2/h7-8,11-14H,5-6,9-10H2,1-4H3,(H,24,26,27). The Morgan fingerprint density at radius 3 is 2.59 bits per heavy atom. The van der Waals surface area contributed by atoms with E-state index in [0.717, 1.165) is 54.3 Å². The average Bonchev–Trinajstić information content (AvgIpc) is 3.46. The molecule has 0 radical (unpaired) electrons. The number of amides is 1. The van der Waals surface area contributed by atoms with Crippen LogP contribution in [0, 0.1) is 6.92 Å². The molecule has 1 aliphatic heterocycles. The summed E-state index contributed by atoms with van der Waals surface area (Å²) in [4.78, 5) is 30.4. The van der Waals surface area contributed by atoms with Gasteiger partial charge < -0.3 is 24.4 Å². The number of carbonyl (C=O) groups is 1. The minimum absolute atomic E-state index is 0.129. The molecule has 2 aliphatic rings. The van der Waals surface area contributed by atoms with Crippen LogP contribution in [0.4, 0.5) is 23.1 Å². The Labute approximate surface area is 187 Å². The fourth-order valence-corrected chi connectivity index (χ4v) is 4.84. The highest BCUT2D eigenvalue weighted by molar-refractivity contribution is 6.07. The molecule has 3 aromatic rings. The van der Waals surface area contributed by atoms with Gasteiger partial charge in [0.05, 0.1) is 31.0 Å². The molecule has 1 aromatic carbocycles. The lowest BCUT2D eigenvalue weighted by atomic mass is 9.91. The Morgan fingerprint density at radius 2 is 1.91 bits per heavy atom. The lowest BCUT2D eigenvalue weighted by molar-refractivity contribution is -0.123. The molecular formula is C23H27N7O2. The summed E-state index contributed by atoms with van der Waals surface area (Å²) in [5.74, 6) is 2.07. The van der Waals surface area contributed by atoms with Crippen molar-refractivity contribution in [1.82, 2.24) is 19.5 Å². The number of nitrogens with zero attached hydrogens (tertiary/aromatic N) is 6. The van der Waals surface area contributed by atoms with Crippen molar-refractivity contribution >= 4 is 29.0 Å². The van der Waals surface area contributed by atoms with Gasteiger partial charge in [-0.3, -0.25) is 4.79 Å². The first-order valence-electron chi connectivity index (χ1n) is 10.8. The van der Waals surface area contributed by atoms with Gasteiger partial charge in [0.2, 0.25) is 5.95 Å². The van der Waals surface area contributed by atoms with Gasteiger partial charge >= 0.3 is 0 Å². The van der Waals surface area contributed by atoms with Crippen LogP contribution in [-0.2, 0) is 4.79 Å². The summed E-state index contributed by atoms with van der Waals surface area (Å²) < 4.78 is 7.53. The highest BCUT2D eigenvalue weighted by Crippen LogP contribution is 2.45. The molecule has 166 valence electrons. The van der Waals surface area contributed by atoms with Crippen molar-refractivity contribution in [3.63, 3.8) is 0 Å². The van der Waals surface area contributed by atoms with Crippen LogP contribution in [0.2, 0.25) is 0 Å². The van der Waals surface area contributed by atoms with Crippen LogP contribution >= 0.6 is 0 Å². The fourth-order valence-electron chi connectivity index (χ4n) is 4.84. The number of aryl methyl sites for hydroxylation is 1. The summed E-state index contributed by atoms with van der Waals surface area (Å²) >= 11 is 0. The number of aromatic nitrogens is 4. The van der Waals surface area contributed by atoms with Crippen molar-refractivity contribution in [1.29, 1.82) is 0 Å².